The molecular weight excluding hydrogens is 232 g/mol. The molecule has 0 atom stereocenters. The summed E-state index contributed by atoms with van der Waals surface area (Å²) in [6, 6.07) is 0. The van der Waals surface area contributed by atoms with E-state index in [1.165, 1.54) is 6.33 Å². The van der Waals surface area contributed by atoms with Crippen molar-refractivity contribution < 1.29 is 9.05 Å². The molecule has 0 aliphatic heterocycles. The van der Waals surface area contributed by atoms with Gasteiger partial charge in [-0.3, -0.25) is 0 Å². The van der Waals surface area contributed by atoms with Gasteiger partial charge in [-0.15, -0.1) is 0 Å². The van der Waals surface area contributed by atoms with Gasteiger partial charge in [0.25, 0.3) is 0 Å². The molecule has 2 aromatic rings. The first-order valence-corrected chi connectivity index (χ1v) is 5.89. The van der Waals surface area contributed by atoms with Crippen LogP contribution >= 0.6 is 0 Å². The quantitative estimate of drug-likeness (QED) is 0.831. The molecule has 2 heterocycles. The molecule has 0 spiro atoms. The fourth-order valence-electron chi connectivity index (χ4n) is 1.56. The SMILES string of the molecule is CC(C)(C)c1noc(CC(C)(C)c2ncno2)n1. The second kappa shape index (κ2) is 4.19. The molecule has 6 heteroatoms. The van der Waals surface area contributed by atoms with Gasteiger partial charge >= 0.3 is 0 Å². The fourth-order valence-corrected chi connectivity index (χ4v) is 1.56. The van der Waals surface area contributed by atoms with Crippen LogP contribution in [0.15, 0.2) is 15.4 Å². The van der Waals surface area contributed by atoms with Crippen LogP contribution in [0.4, 0.5) is 0 Å². The number of hydrogen-bond donors (Lipinski definition) is 0. The summed E-state index contributed by atoms with van der Waals surface area (Å²) >= 11 is 0. The van der Waals surface area contributed by atoms with E-state index in [9.17, 15) is 0 Å². The highest BCUT2D eigenvalue weighted by Gasteiger charge is 2.30. The third-order valence-corrected chi connectivity index (χ3v) is 2.67. The molecule has 0 bridgehead atoms. The first kappa shape index (κ1) is 12.7. The lowest BCUT2D eigenvalue weighted by atomic mass is 9.89. The van der Waals surface area contributed by atoms with Crippen molar-refractivity contribution in [2.75, 3.05) is 0 Å². The van der Waals surface area contributed by atoms with E-state index in [1.807, 2.05) is 34.6 Å². The van der Waals surface area contributed by atoms with Crippen molar-refractivity contribution in [2.45, 2.75) is 51.9 Å². The van der Waals surface area contributed by atoms with Gasteiger partial charge in [0.15, 0.2) is 12.2 Å². The van der Waals surface area contributed by atoms with Gasteiger partial charge in [0.1, 0.15) is 0 Å². The Hall–Kier alpha value is -1.72. The van der Waals surface area contributed by atoms with E-state index >= 15 is 0 Å². The monoisotopic (exact) mass is 250 g/mol. The lowest BCUT2D eigenvalue weighted by molar-refractivity contribution is 0.279. The smallest absolute Gasteiger partial charge is 0.232 e. The largest absolute Gasteiger partial charge is 0.339 e. The molecule has 0 aliphatic carbocycles. The maximum Gasteiger partial charge on any atom is 0.232 e. The summed E-state index contributed by atoms with van der Waals surface area (Å²) in [6.07, 6.45) is 1.96. The predicted octanol–water partition coefficient (Wildman–Crippen LogP) is 2.27. The number of nitrogens with zero attached hydrogens (tertiary/aromatic N) is 4. The zero-order chi connectivity index (χ0) is 13.4. The third kappa shape index (κ3) is 2.57. The lowest BCUT2D eigenvalue weighted by Gasteiger charge is -2.16. The van der Waals surface area contributed by atoms with Crippen LogP contribution in [0.25, 0.3) is 0 Å². The molecule has 0 amide bonds. The summed E-state index contributed by atoms with van der Waals surface area (Å²) in [5, 5.41) is 7.62. The van der Waals surface area contributed by atoms with E-state index in [0.717, 1.165) is 0 Å². The second-order valence-electron chi connectivity index (χ2n) is 6.07. The van der Waals surface area contributed by atoms with Crippen LogP contribution in [0.1, 0.15) is 52.2 Å². The van der Waals surface area contributed by atoms with Crippen LogP contribution in [-0.2, 0) is 17.3 Å². The first-order valence-electron chi connectivity index (χ1n) is 5.89. The van der Waals surface area contributed by atoms with Crippen LogP contribution in [0.2, 0.25) is 0 Å². The molecule has 18 heavy (non-hydrogen) atoms. The minimum absolute atomic E-state index is 0.115. The Kier molecular flexibility index (Phi) is 2.96. The van der Waals surface area contributed by atoms with Crippen LogP contribution in [0, 0.1) is 0 Å². The van der Waals surface area contributed by atoms with Crippen molar-refractivity contribution in [3.63, 3.8) is 0 Å². The van der Waals surface area contributed by atoms with Gasteiger partial charge in [-0.2, -0.15) is 9.97 Å². The van der Waals surface area contributed by atoms with E-state index < -0.39 is 0 Å². The number of hydrogen-bond acceptors (Lipinski definition) is 6. The molecule has 0 aromatic carbocycles. The molecule has 0 radical (unpaired) electrons. The molecule has 0 aliphatic rings. The number of aromatic nitrogens is 4. The normalized spacial score (nSPS) is 12.9. The van der Waals surface area contributed by atoms with Crippen molar-refractivity contribution in [3.8, 4) is 0 Å². The molecule has 6 nitrogen and oxygen atoms in total. The Balaban J connectivity index is 2.17. The molecule has 0 fully saturated rings. The van der Waals surface area contributed by atoms with Gasteiger partial charge in [0.05, 0.1) is 5.41 Å². The van der Waals surface area contributed by atoms with Crippen molar-refractivity contribution in [2.24, 2.45) is 0 Å². The van der Waals surface area contributed by atoms with Gasteiger partial charge in [-0.1, -0.05) is 44.9 Å². The molecule has 0 N–H and O–H groups in total. The first-order chi connectivity index (χ1) is 8.29. The molecule has 2 rings (SSSR count). The minimum atomic E-state index is -0.321. The minimum Gasteiger partial charge on any atom is -0.339 e. The average molecular weight is 250 g/mol. The summed E-state index contributed by atoms with van der Waals surface area (Å²) in [4.78, 5) is 8.48. The van der Waals surface area contributed by atoms with Crippen molar-refractivity contribution in [1.29, 1.82) is 0 Å². The summed E-state index contributed by atoms with van der Waals surface area (Å²) in [5.74, 6) is 1.86. The van der Waals surface area contributed by atoms with Crippen LogP contribution in [-0.4, -0.2) is 20.3 Å². The Morgan fingerprint density at radius 2 is 1.83 bits per heavy atom. The van der Waals surface area contributed by atoms with Gasteiger partial charge in [0, 0.05) is 11.8 Å². The molecule has 98 valence electrons. The highest BCUT2D eigenvalue weighted by molar-refractivity contribution is 5.06. The summed E-state index contributed by atoms with van der Waals surface area (Å²) in [7, 11) is 0. The van der Waals surface area contributed by atoms with E-state index in [1.54, 1.807) is 0 Å². The fraction of sp³-hybridized carbons (Fsp3) is 0.667. The van der Waals surface area contributed by atoms with Crippen LogP contribution < -0.4 is 0 Å². The van der Waals surface area contributed by atoms with E-state index in [4.69, 9.17) is 9.05 Å². The molecular formula is C12H18N4O2. The van der Waals surface area contributed by atoms with Gasteiger partial charge in [-0.25, -0.2) is 0 Å². The van der Waals surface area contributed by atoms with Crippen LogP contribution in [0.5, 0.6) is 0 Å². The van der Waals surface area contributed by atoms with E-state index in [-0.39, 0.29) is 10.8 Å². The summed E-state index contributed by atoms with van der Waals surface area (Å²) in [6.45, 7) is 10.1. The van der Waals surface area contributed by atoms with E-state index in [0.29, 0.717) is 24.0 Å². The summed E-state index contributed by atoms with van der Waals surface area (Å²) in [5.41, 5.74) is -0.436. The predicted molar refractivity (Wildman–Crippen MR) is 64.0 cm³/mol. The van der Waals surface area contributed by atoms with Crippen molar-refractivity contribution in [3.05, 3.63) is 23.9 Å². The lowest BCUT2D eigenvalue weighted by Crippen LogP contribution is -2.21. The zero-order valence-corrected chi connectivity index (χ0v) is 11.4. The van der Waals surface area contributed by atoms with Crippen molar-refractivity contribution >= 4 is 0 Å². The zero-order valence-electron chi connectivity index (χ0n) is 11.4. The highest BCUT2D eigenvalue weighted by Crippen LogP contribution is 2.26. The molecule has 2 aromatic heterocycles. The van der Waals surface area contributed by atoms with E-state index in [2.05, 4.69) is 20.3 Å². The number of rotatable bonds is 3. The summed E-state index contributed by atoms with van der Waals surface area (Å²) < 4.78 is 10.4. The maximum atomic E-state index is 5.27. The molecule has 0 unspecified atom stereocenters. The Bertz CT molecular complexity index is 508. The Morgan fingerprint density at radius 3 is 2.33 bits per heavy atom. The molecule has 0 saturated heterocycles. The standard InChI is InChI=1S/C12H18N4O2/c1-11(2,3)9-15-8(17-16-9)6-12(4,5)10-13-7-14-18-10/h7H,6H2,1-5H3. The van der Waals surface area contributed by atoms with Gasteiger partial charge in [0.2, 0.25) is 11.8 Å². The van der Waals surface area contributed by atoms with Crippen LogP contribution in [0.3, 0.4) is 0 Å². The highest BCUT2D eigenvalue weighted by atomic mass is 16.5. The molecule has 0 saturated carbocycles. The topological polar surface area (TPSA) is 77.8 Å². The Labute approximate surface area is 106 Å². The Morgan fingerprint density at radius 1 is 1.11 bits per heavy atom. The van der Waals surface area contributed by atoms with Gasteiger partial charge in [-0.05, 0) is 0 Å². The van der Waals surface area contributed by atoms with Gasteiger partial charge < -0.3 is 9.05 Å². The third-order valence-electron chi connectivity index (χ3n) is 2.67. The maximum absolute atomic E-state index is 5.27. The average Bonchev–Trinajstić information content (AvgIpc) is 2.83. The van der Waals surface area contributed by atoms with Crippen molar-refractivity contribution in [1.82, 2.24) is 20.3 Å². The second-order valence-corrected chi connectivity index (χ2v) is 6.07.